The molecule has 2 aromatic heterocycles. The van der Waals surface area contributed by atoms with Crippen molar-refractivity contribution in [2.45, 2.75) is 0 Å². The van der Waals surface area contributed by atoms with Crippen molar-refractivity contribution in [2.75, 3.05) is 4.90 Å². The summed E-state index contributed by atoms with van der Waals surface area (Å²) in [6, 6.07) is 76.9. The van der Waals surface area contributed by atoms with Crippen molar-refractivity contribution in [2.24, 2.45) is 0 Å². The van der Waals surface area contributed by atoms with Gasteiger partial charge in [-0.25, -0.2) is 0 Å². The van der Waals surface area contributed by atoms with Crippen molar-refractivity contribution in [1.82, 2.24) is 0 Å². The molecule has 3 heteroatoms. The summed E-state index contributed by atoms with van der Waals surface area (Å²) in [7, 11) is 0. The Morgan fingerprint density at radius 3 is 1.76 bits per heavy atom. The molecule has 2 nitrogen and oxygen atoms in total. The molecule has 0 spiro atoms. The summed E-state index contributed by atoms with van der Waals surface area (Å²) < 4.78 is 9.33. The number of rotatable bonds is 6. The standard InChI is InChI=1S/C56H35NOS/c1-3-13-36(14-4-1)41-33-51-50-24-12-23-47(38-15-5-2-6-16-38)55(50)59-56(51)52(34-41)57(42-28-25-40(26-29-42)45-22-11-19-37-17-7-9-20-44(37)45)43-30-32-48-49-31-27-39-18-8-10-21-46(39)54(49)58-53(48)35-43/h1-35H. The van der Waals surface area contributed by atoms with E-state index in [0.29, 0.717) is 0 Å². The summed E-state index contributed by atoms with van der Waals surface area (Å²) in [4.78, 5) is 2.43. The van der Waals surface area contributed by atoms with Crippen molar-refractivity contribution in [3.05, 3.63) is 212 Å². The third-order valence-electron chi connectivity index (χ3n) is 11.8. The minimum absolute atomic E-state index is 0.865. The van der Waals surface area contributed by atoms with Crippen molar-refractivity contribution < 1.29 is 4.42 Å². The largest absolute Gasteiger partial charge is 0.455 e. The maximum absolute atomic E-state index is 6.82. The van der Waals surface area contributed by atoms with Gasteiger partial charge in [-0.2, -0.15) is 0 Å². The predicted octanol–water partition coefficient (Wildman–Crippen LogP) is 16.7. The molecule has 0 fully saturated rings. The van der Waals surface area contributed by atoms with E-state index in [9.17, 15) is 0 Å². The van der Waals surface area contributed by atoms with Gasteiger partial charge in [0.05, 0.1) is 10.4 Å². The molecular weight excluding hydrogens is 735 g/mol. The molecule has 2 heterocycles. The second-order valence-electron chi connectivity index (χ2n) is 15.2. The molecule has 0 aliphatic heterocycles. The highest BCUT2D eigenvalue weighted by Gasteiger charge is 2.23. The molecule has 0 radical (unpaired) electrons. The van der Waals surface area contributed by atoms with Crippen LogP contribution in [-0.2, 0) is 0 Å². The lowest BCUT2D eigenvalue weighted by atomic mass is 9.97. The van der Waals surface area contributed by atoms with Crippen LogP contribution in [0.25, 0.3) is 97.0 Å². The fourth-order valence-corrected chi connectivity index (χ4v) is 10.3. The molecule has 12 aromatic rings. The summed E-state index contributed by atoms with van der Waals surface area (Å²) >= 11 is 1.88. The molecule has 276 valence electrons. The van der Waals surface area contributed by atoms with Crippen molar-refractivity contribution in [3.63, 3.8) is 0 Å². The zero-order chi connectivity index (χ0) is 38.9. The van der Waals surface area contributed by atoms with E-state index in [2.05, 4.69) is 217 Å². The number of hydrogen-bond donors (Lipinski definition) is 0. The van der Waals surface area contributed by atoms with Crippen LogP contribution in [-0.4, -0.2) is 0 Å². The summed E-state index contributed by atoms with van der Waals surface area (Å²) in [5, 5.41) is 9.53. The van der Waals surface area contributed by atoms with Crippen LogP contribution in [0.3, 0.4) is 0 Å². The molecule has 0 saturated heterocycles. The number of hydrogen-bond acceptors (Lipinski definition) is 3. The zero-order valence-electron chi connectivity index (χ0n) is 32.0. The minimum atomic E-state index is 0.865. The number of fused-ring (bicyclic) bond motifs is 9. The highest BCUT2D eigenvalue weighted by molar-refractivity contribution is 7.27. The molecule has 0 unspecified atom stereocenters. The third-order valence-corrected chi connectivity index (χ3v) is 13.1. The number of furan rings is 1. The Kier molecular flexibility index (Phi) is 7.75. The van der Waals surface area contributed by atoms with Gasteiger partial charge in [0.2, 0.25) is 0 Å². The van der Waals surface area contributed by atoms with E-state index in [1.165, 1.54) is 69.7 Å². The second-order valence-corrected chi connectivity index (χ2v) is 16.3. The topological polar surface area (TPSA) is 16.4 Å². The van der Waals surface area contributed by atoms with E-state index in [-0.39, 0.29) is 0 Å². The normalized spacial score (nSPS) is 11.7. The Bertz CT molecular complexity index is 3540. The molecule has 0 aliphatic carbocycles. The van der Waals surface area contributed by atoms with E-state index in [1.807, 2.05) is 11.3 Å². The molecular formula is C56H35NOS. The van der Waals surface area contributed by atoms with Crippen LogP contribution in [0.2, 0.25) is 0 Å². The van der Waals surface area contributed by atoms with Gasteiger partial charge in [0.1, 0.15) is 11.2 Å². The quantitative estimate of drug-likeness (QED) is 0.167. The number of benzene rings is 10. The zero-order valence-corrected chi connectivity index (χ0v) is 32.8. The Balaban J connectivity index is 1.13. The van der Waals surface area contributed by atoms with Crippen LogP contribution in [0.4, 0.5) is 17.1 Å². The second kappa shape index (κ2) is 13.6. The first-order chi connectivity index (χ1) is 29.2. The number of thiophene rings is 1. The van der Waals surface area contributed by atoms with E-state index in [4.69, 9.17) is 4.42 Å². The van der Waals surface area contributed by atoms with E-state index >= 15 is 0 Å². The van der Waals surface area contributed by atoms with Gasteiger partial charge in [0, 0.05) is 49.1 Å². The van der Waals surface area contributed by atoms with Gasteiger partial charge in [-0.3, -0.25) is 0 Å². The molecule has 0 N–H and O–H groups in total. The molecule has 10 aromatic carbocycles. The molecule has 0 bridgehead atoms. The summed E-state index contributed by atoms with van der Waals surface area (Å²) in [5.74, 6) is 0. The minimum Gasteiger partial charge on any atom is -0.455 e. The maximum atomic E-state index is 6.82. The van der Waals surface area contributed by atoms with Gasteiger partial charge in [-0.15, -0.1) is 11.3 Å². The number of nitrogens with zero attached hydrogens (tertiary/aromatic N) is 1. The van der Waals surface area contributed by atoms with E-state index < -0.39 is 0 Å². The van der Waals surface area contributed by atoms with Gasteiger partial charge < -0.3 is 9.32 Å². The first-order valence-electron chi connectivity index (χ1n) is 20.1. The lowest BCUT2D eigenvalue weighted by Crippen LogP contribution is -2.10. The predicted molar refractivity (Wildman–Crippen MR) is 253 cm³/mol. The van der Waals surface area contributed by atoms with Crippen LogP contribution in [0.1, 0.15) is 0 Å². The molecule has 59 heavy (non-hydrogen) atoms. The van der Waals surface area contributed by atoms with Crippen LogP contribution in [0.15, 0.2) is 217 Å². The smallest absolute Gasteiger partial charge is 0.143 e. The van der Waals surface area contributed by atoms with Gasteiger partial charge >= 0.3 is 0 Å². The van der Waals surface area contributed by atoms with E-state index in [1.54, 1.807) is 0 Å². The lowest BCUT2D eigenvalue weighted by molar-refractivity contribution is 0.673. The molecule has 12 rings (SSSR count). The summed E-state index contributed by atoms with van der Waals surface area (Å²) in [6.45, 7) is 0. The maximum Gasteiger partial charge on any atom is 0.143 e. The Hall–Kier alpha value is -7.46. The fourth-order valence-electron chi connectivity index (χ4n) is 9.02. The Morgan fingerprint density at radius 2 is 0.949 bits per heavy atom. The van der Waals surface area contributed by atoms with Crippen molar-refractivity contribution >= 4 is 92.1 Å². The average Bonchev–Trinajstić information content (AvgIpc) is 3.88. The number of anilines is 3. The fraction of sp³-hybridized carbons (Fsp3) is 0. The summed E-state index contributed by atoms with van der Waals surface area (Å²) in [6.07, 6.45) is 0. The van der Waals surface area contributed by atoms with Crippen LogP contribution < -0.4 is 4.90 Å². The highest BCUT2D eigenvalue weighted by atomic mass is 32.1. The van der Waals surface area contributed by atoms with Crippen molar-refractivity contribution in [1.29, 1.82) is 0 Å². The van der Waals surface area contributed by atoms with Crippen molar-refractivity contribution in [3.8, 4) is 33.4 Å². The van der Waals surface area contributed by atoms with Gasteiger partial charge in [-0.05, 0) is 92.0 Å². The first kappa shape index (κ1) is 33.7. The van der Waals surface area contributed by atoms with E-state index in [0.717, 1.165) is 44.4 Å². The first-order valence-corrected chi connectivity index (χ1v) is 20.9. The molecule has 0 saturated carbocycles. The lowest BCUT2D eigenvalue weighted by Gasteiger charge is -2.27. The Morgan fingerprint density at radius 1 is 0.339 bits per heavy atom. The summed E-state index contributed by atoms with van der Waals surface area (Å²) in [5.41, 5.74) is 12.3. The van der Waals surface area contributed by atoms with Gasteiger partial charge in [0.25, 0.3) is 0 Å². The monoisotopic (exact) mass is 769 g/mol. The Labute approximate surface area is 345 Å². The van der Waals surface area contributed by atoms with Gasteiger partial charge in [-0.1, -0.05) is 164 Å². The van der Waals surface area contributed by atoms with Crippen LogP contribution >= 0.6 is 11.3 Å². The molecule has 0 aliphatic rings. The van der Waals surface area contributed by atoms with Crippen LogP contribution in [0.5, 0.6) is 0 Å². The van der Waals surface area contributed by atoms with Crippen LogP contribution in [0, 0.1) is 0 Å². The SMILES string of the molecule is c1ccc(-c2cc(N(c3ccc(-c4cccc5ccccc45)cc3)c3ccc4c(c3)oc3c5ccccc5ccc43)c3sc4c(-c5ccccc5)cccc4c3c2)cc1. The molecule has 0 amide bonds. The highest BCUT2D eigenvalue weighted by Crippen LogP contribution is 2.50. The third kappa shape index (κ3) is 5.55. The average molecular weight is 770 g/mol. The molecule has 0 atom stereocenters. The van der Waals surface area contributed by atoms with Gasteiger partial charge in [0.15, 0.2) is 0 Å².